The van der Waals surface area contributed by atoms with Gasteiger partial charge in [-0.1, -0.05) is 11.8 Å². The second-order valence-corrected chi connectivity index (χ2v) is 5.16. The van der Waals surface area contributed by atoms with Crippen molar-refractivity contribution in [3.8, 4) is 0 Å². The molecule has 0 spiro atoms. The van der Waals surface area contributed by atoms with Crippen molar-refractivity contribution in [1.29, 1.82) is 0 Å². The Morgan fingerprint density at radius 2 is 2.29 bits per heavy atom. The maximum Gasteiger partial charge on any atom is 0.382 e. The standard InChI is InChI=1S/C17H18N2O5/c1-4-7-15(16(20)23-5-2)24-17(8-6-9-17)14-10-13(19(21)22)11-18-12(14)3/h4,6,8,10-11H,5,9H2,1-3H3. The summed E-state index contributed by atoms with van der Waals surface area (Å²) in [5.74, 6) is -0.707. The van der Waals surface area contributed by atoms with Gasteiger partial charge in [0.05, 0.1) is 11.5 Å². The number of ether oxygens (including phenoxy) is 2. The summed E-state index contributed by atoms with van der Waals surface area (Å²) in [5.41, 5.74) is 2.74. The second-order valence-electron chi connectivity index (χ2n) is 5.16. The first-order valence-corrected chi connectivity index (χ1v) is 7.50. The van der Waals surface area contributed by atoms with Gasteiger partial charge in [-0.3, -0.25) is 15.1 Å². The smallest absolute Gasteiger partial charge is 0.382 e. The fourth-order valence-electron chi connectivity index (χ4n) is 2.35. The summed E-state index contributed by atoms with van der Waals surface area (Å²) < 4.78 is 10.8. The molecular formula is C17H18N2O5. The monoisotopic (exact) mass is 330 g/mol. The Morgan fingerprint density at radius 1 is 1.58 bits per heavy atom. The Kier molecular flexibility index (Phi) is 5.16. The van der Waals surface area contributed by atoms with E-state index in [4.69, 9.17) is 9.47 Å². The SMILES string of the molecule is CC=C=C(OC1(c2cc([N+](=O)[O-])cnc2C)C=CC1)C(=O)OCC. The van der Waals surface area contributed by atoms with Crippen molar-refractivity contribution in [3.63, 3.8) is 0 Å². The van der Waals surface area contributed by atoms with Gasteiger partial charge in [0.15, 0.2) is 5.60 Å². The average Bonchev–Trinajstić information content (AvgIpc) is 2.50. The highest BCUT2D eigenvalue weighted by molar-refractivity contribution is 5.86. The van der Waals surface area contributed by atoms with E-state index in [-0.39, 0.29) is 18.1 Å². The van der Waals surface area contributed by atoms with Crippen LogP contribution >= 0.6 is 0 Å². The van der Waals surface area contributed by atoms with Crippen LogP contribution in [0.1, 0.15) is 31.5 Å². The van der Waals surface area contributed by atoms with Gasteiger partial charge in [0.1, 0.15) is 6.20 Å². The lowest BCUT2D eigenvalue weighted by atomic mass is 9.81. The Balaban J connectivity index is 2.45. The van der Waals surface area contributed by atoms with Gasteiger partial charge in [0, 0.05) is 23.7 Å². The fraction of sp³-hybridized carbons (Fsp3) is 0.353. The maximum absolute atomic E-state index is 12.0. The van der Waals surface area contributed by atoms with Crippen LogP contribution in [-0.4, -0.2) is 22.5 Å². The predicted molar refractivity (Wildman–Crippen MR) is 86.1 cm³/mol. The number of carbonyl (C=O) groups excluding carboxylic acids is 1. The Hall–Kier alpha value is -2.92. The van der Waals surface area contributed by atoms with Crippen LogP contribution in [0.2, 0.25) is 0 Å². The third kappa shape index (κ3) is 3.36. The van der Waals surface area contributed by atoms with Gasteiger partial charge < -0.3 is 9.47 Å². The van der Waals surface area contributed by atoms with E-state index in [0.29, 0.717) is 17.7 Å². The normalized spacial score (nSPS) is 18.1. The fourth-order valence-corrected chi connectivity index (χ4v) is 2.35. The molecule has 1 aromatic heterocycles. The number of nitro groups is 1. The minimum absolute atomic E-state index is 0.0744. The van der Waals surface area contributed by atoms with E-state index in [1.165, 1.54) is 12.3 Å². The van der Waals surface area contributed by atoms with Crippen LogP contribution in [0.5, 0.6) is 0 Å². The number of aromatic nitrogens is 1. The minimum Gasteiger partial charge on any atom is -0.464 e. The third-order valence-corrected chi connectivity index (χ3v) is 3.57. The molecule has 126 valence electrons. The molecule has 1 heterocycles. The van der Waals surface area contributed by atoms with Crippen LogP contribution in [-0.2, 0) is 19.9 Å². The molecule has 1 unspecified atom stereocenters. The van der Waals surface area contributed by atoms with E-state index in [1.807, 2.05) is 6.08 Å². The summed E-state index contributed by atoms with van der Waals surface area (Å²) in [4.78, 5) is 26.6. The van der Waals surface area contributed by atoms with E-state index < -0.39 is 16.5 Å². The maximum atomic E-state index is 12.0. The number of hydrogen-bond acceptors (Lipinski definition) is 6. The largest absolute Gasteiger partial charge is 0.464 e. The van der Waals surface area contributed by atoms with Crippen molar-refractivity contribution < 1.29 is 19.2 Å². The molecule has 0 aromatic carbocycles. The lowest BCUT2D eigenvalue weighted by Gasteiger charge is -2.36. The highest BCUT2D eigenvalue weighted by Gasteiger charge is 2.40. The number of aryl methyl sites for hydroxylation is 1. The molecule has 0 bridgehead atoms. The molecule has 1 aromatic rings. The van der Waals surface area contributed by atoms with E-state index in [1.54, 1.807) is 32.9 Å². The molecule has 1 atom stereocenters. The van der Waals surface area contributed by atoms with Crippen LogP contribution in [0.3, 0.4) is 0 Å². The van der Waals surface area contributed by atoms with Gasteiger partial charge in [0.2, 0.25) is 5.76 Å². The van der Waals surface area contributed by atoms with Crippen LogP contribution in [0.15, 0.2) is 42.0 Å². The third-order valence-electron chi connectivity index (χ3n) is 3.57. The molecule has 0 N–H and O–H groups in total. The number of esters is 1. The number of carbonyl (C=O) groups is 1. The van der Waals surface area contributed by atoms with Gasteiger partial charge >= 0.3 is 5.97 Å². The van der Waals surface area contributed by atoms with E-state index >= 15 is 0 Å². The van der Waals surface area contributed by atoms with Crippen molar-refractivity contribution in [1.82, 2.24) is 4.98 Å². The number of hydrogen-bond donors (Lipinski definition) is 0. The molecule has 1 aliphatic rings. The second kappa shape index (κ2) is 7.10. The predicted octanol–water partition coefficient (Wildman–Crippen LogP) is 3.09. The Bertz CT molecular complexity index is 762. The summed E-state index contributed by atoms with van der Waals surface area (Å²) in [6.07, 6.45) is 6.81. The number of pyridine rings is 1. The summed E-state index contributed by atoms with van der Waals surface area (Å²) in [6, 6.07) is 1.42. The van der Waals surface area contributed by atoms with E-state index in [2.05, 4.69) is 10.7 Å². The van der Waals surface area contributed by atoms with E-state index in [9.17, 15) is 14.9 Å². The molecule has 2 rings (SSSR count). The molecule has 24 heavy (non-hydrogen) atoms. The Morgan fingerprint density at radius 3 is 2.79 bits per heavy atom. The Labute approximate surface area is 139 Å². The molecule has 7 heteroatoms. The summed E-state index contributed by atoms with van der Waals surface area (Å²) >= 11 is 0. The first-order valence-electron chi connectivity index (χ1n) is 7.50. The molecule has 0 amide bonds. The minimum atomic E-state index is -0.985. The van der Waals surface area contributed by atoms with Crippen LogP contribution in [0.25, 0.3) is 0 Å². The molecule has 0 fully saturated rings. The number of rotatable bonds is 6. The number of nitrogens with zero attached hydrogens (tertiary/aromatic N) is 2. The zero-order chi connectivity index (χ0) is 17.7. The van der Waals surface area contributed by atoms with Crippen molar-refractivity contribution >= 4 is 11.7 Å². The lowest BCUT2D eigenvalue weighted by molar-refractivity contribution is -0.385. The highest BCUT2D eigenvalue weighted by atomic mass is 16.6. The molecule has 0 saturated heterocycles. The van der Waals surface area contributed by atoms with Gasteiger partial charge in [-0.25, -0.2) is 4.79 Å². The molecule has 1 aliphatic carbocycles. The topological polar surface area (TPSA) is 91.6 Å². The lowest BCUT2D eigenvalue weighted by Crippen LogP contribution is -2.34. The molecule has 7 nitrogen and oxygen atoms in total. The highest BCUT2D eigenvalue weighted by Crippen LogP contribution is 2.42. The molecule has 0 radical (unpaired) electrons. The van der Waals surface area contributed by atoms with Crippen LogP contribution in [0.4, 0.5) is 5.69 Å². The van der Waals surface area contributed by atoms with Crippen LogP contribution in [0, 0.1) is 17.0 Å². The average molecular weight is 330 g/mol. The molecule has 0 saturated carbocycles. The summed E-state index contributed by atoms with van der Waals surface area (Å²) in [6.45, 7) is 5.34. The molecular weight excluding hydrogens is 312 g/mol. The van der Waals surface area contributed by atoms with Crippen molar-refractivity contribution in [2.45, 2.75) is 32.8 Å². The van der Waals surface area contributed by atoms with Crippen molar-refractivity contribution in [2.24, 2.45) is 0 Å². The van der Waals surface area contributed by atoms with Gasteiger partial charge in [0.25, 0.3) is 5.69 Å². The molecule has 0 aliphatic heterocycles. The van der Waals surface area contributed by atoms with E-state index in [0.717, 1.165) is 0 Å². The summed E-state index contributed by atoms with van der Waals surface area (Å²) in [5, 5.41) is 11.0. The zero-order valence-corrected chi connectivity index (χ0v) is 13.7. The quantitative estimate of drug-likeness (QED) is 0.151. The van der Waals surface area contributed by atoms with Gasteiger partial charge in [-0.15, -0.1) is 0 Å². The van der Waals surface area contributed by atoms with Crippen molar-refractivity contribution in [2.75, 3.05) is 6.61 Å². The van der Waals surface area contributed by atoms with Crippen LogP contribution < -0.4 is 0 Å². The first kappa shape index (κ1) is 17.4. The van der Waals surface area contributed by atoms with Gasteiger partial charge in [-0.2, -0.15) is 0 Å². The van der Waals surface area contributed by atoms with Gasteiger partial charge in [-0.05, 0) is 32.9 Å². The summed E-state index contributed by atoms with van der Waals surface area (Å²) in [7, 11) is 0. The zero-order valence-electron chi connectivity index (χ0n) is 13.7. The van der Waals surface area contributed by atoms with Crippen molar-refractivity contribution in [3.05, 3.63) is 63.4 Å². The first-order chi connectivity index (χ1) is 11.4.